The van der Waals surface area contributed by atoms with Crippen molar-refractivity contribution in [2.45, 2.75) is 25.9 Å². The second-order valence-electron chi connectivity index (χ2n) is 6.96. The van der Waals surface area contributed by atoms with Crippen LogP contribution >= 0.6 is 22.9 Å². The summed E-state index contributed by atoms with van der Waals surface area (Å²) in [5.41, 5.74) is 1.69. The van der Waals surface area contributed by atoms with Crippen molar-refractivity contribution in [3.05, 3.63) is 51.2 Å². The summed E-state index contributed by atoms with van der Waals surface area (Å²) < 4.78 is 6.05. The minimum atomic E-state index is -0.395. The van der Waals surface area contributed by atoms with E-state index in [1.807, 2.05) is 31.2 Å². The fourth-order valence-electron chi connectivity index (χ4n) is 3.47. The first-order valence-corrected chi connectivity index (χ1v) is 11.1. The summed E-state index contributed by atoms with van der Waals surface area (Å²) in [6, 6.07) is 11.0. The molecule has 2 aromatic rings. The molecule has 158 valence electrons. The molecule has 30 heavy (non-hydrogen) atoms. The van der Waals surface area contributed by atoms with E-state index in [-0.39, 0.29) is 11.9 Å². The van der Waals surface area contributed by atoms with Gasteiger partial charge in [-0.25, -0.2) is 9.86 Å². The number of carbonyl (C=O) groups is 2. The van der Waals surface area contributed by atoms with Crippen molar-refractivity contribution in [2.75, 3.05) is 31.1 Å². The van der Waals surface area contributed by atoms with Gasteiger partial charge in [0.25, 0.3) is 0 Å². The van der Waals surface area contributed by atoms with Crippen LogP contribution in [0.3, 0.4) is 0 Å². The quantitative estimate of drug-likeness (QED) is 0.588. The van der Waals surface area contributed by atoms with Gasteiger partial charge in [-0.1, -0.05) is 11.6 Å². The van der Waals surface area contributed by atoms with Gasteiger partial charge in [-0.15, -0.1) is 11.3 Å². The lowest BCUT2D eigenvalue weighted by molar-refractivity contribution is -0.0995. The van der Waals surface area contributed by atoms with Crippen molar-refractivity contribution in [3.8, 4) is 0 Å². The monoisotopic (exact) mass is 447 g/mol. The average Bonchev–Trinajstić information content (AvgIpc) is 3.37. The Morgan fingerprint density at radius 3 is 2.77 bits per heavy atom. The summed E-state index contributed by atoms with van der Waals surface area (Å²) in [6.45, 7) is 4.34. The minimum absolute atomic E-state index is 0.0155. The molecule has 1 atom stereocenters. The molecule has 9 heteroatoms. The van der Waals surface area contributed by atoms with Gasteiger partial charge in [0.2, 0.25) is 0 Å². The molecule has 3 heterocycles. The van der Waals surface area contributed by atoms with Gasteiger partial charge >= 0.3 is 6.09 Å². The lowest BCUT2D eigenvalue weighted by atomic mass is 10.1. The van der Waals surface area contributed by atoms with E-state index < -0.39 is 6.09 Å². The molecule has 7 nitrogen and oxygen atoms in total. The zero-order valence-corrected chi connectivity index (χ0v) is 18.1. The molecule has 2 aliphatic rings. The van der Waals surface area contributed by atoms with Crippen molar-refractivity contribution in [3.63, 3.8) is 0 Å². The van der Waals surface area contributed by atoms with Crippen molar-refractivity contribution in [2.24, 2.45) is 4.99 Å². The number of cyclic esters (lactones) is 1. The summed E-state index contributed by atoms with van der Waals surface area (Å²) in [5, 5.41) is 1.77. The number of ether oxygens (including phenoxy) is 1. The number of aliphatic imine (C=N–C) groups is 1. The number of amides is 1. The molecule has 4 rings (SSSR count). The molecule has 0 N–H and O–H groups in total. The predicted molar refractivity (Wildman–Crippen MR) is 117 cm³/mol. The molecule has 0 bridgehead atoms. The van der Waals surface area contributed by atoms with Gasteiger partial charge in [0.15, 0.2) is 11.6 Å². The van der Waals surface area contributed by atoms with Crippen molar-refractivity contribution in [1.82, 2.24) is 5.06 Å². The Kier molecular flexibility index (Phi) is 6.36. The van der Waals surface area contributed by atoms with Crippen LogP contribution in [0, 0.1) is 0 Å². The minimum Gasteiger partial charge on any atom is -0.444 e. The number of anilines is 1. The molecule has 1 aromatic carbocycles. The van der Waals surface area contributed by atoms with E-state index in [0.29, 0.717) is 48.3 Å². The molecule has 0 unspecified atom stereocenters. The van der Waals surface area contributed by atoms with Crippen LogP contribution in [0.5, 0.6) is 0 Å². The highest BCUT2D eigenvalue weighted by Crippen LogP contribution is 2.27. The maximum Gasteiger partial charge on any atom is 0.414 e. The molecular weight excluding hydrogens is 426 g/mol. The topological polar surface area (TPSA) is 71.4 Å². The zero-order valence-electron chi connectivity index (χ0n) is 16.5. The molecule has 0 spiro atoms. The molecule has 0 aliphatic carbocycles. The number of carbonyl (C=O) groups excluding carboxylic acids is 2. The van der Waals surface area contributed by atoms with Crippen LogP contribution in [0.25, 0.3) is 0 Å². The summed E-state index contributed by atoms with van der Waals surface area (Å²) >= 11 is 7.15. The smallest absolute Gasteiger partial charge is 0.414 e. The number of thiophene rings is 1. The van der Waals surface area contributed by atoms with Crippen molar-refractivity contribution < 1.29 is 19.2 Å². The normalized spacial score (nSPS) is 19.1. The van der Waals surface area contributed by atoms with Crippen LogP contribution in [0.2, 0.25) is 4.34 Å². The Balaban J connectivity index is 1.37. The first-order chi connectivity index (χ1) is 14.5. The largest absolute Gasteiger partial charge is 0.444 e. The number of rotatable bonds is 7. The summed E-state index contributed by atoms with van der Waals surface area (Å²) in [6.07, 6.45) is 0.0823. The first-order valence-electron chi connectivity index (χ1n) is 9.87. The Hall–Kier alpha value is -2.42. The molecule has 1 amide bonds. The van der Waals surface area contributed by atoms with Gasteiger partial charge < -0.3 is 4.74 Å². The number of hydroxylamine groups is 2. The molecule has 1 fully saturated rings. The van der Waals surface area contributed by atoms with Crippen LogP contribution in [0.4, 0.5) is 10.5 Å². The number of hydrogen-bond donors (Lipinski definition) is 0. The van der Waals surface area contributed by atoms with Crippen LogP contribution in [0.15, 0.2) is 41.4 Å². The van der Waals surface area contributed by atoms with E-state index in [2.05, 4.69) is 4.99 Å². The Morgan fingerprint density at radius 1 is 1.27 bits per heavy atom. The van der Waals surface area contributed by atoms with Crippen molar-refractivity contribution >= 4 is 46.3 Å². The van der Waals surface area contributed by atoms with E-state index in [1.54, 1.807) is 22.1 Å². The fourth-order valence-corrected chi connectivity index (χ4v) is 4.48. The van der Waals surface area contributed by atoms with Crippen molar-refractivity contribution in [1.29, 1.82) is 0 Å². The van der Waals surface area contributed by atoms with E-state index in [4.69, 9.17) is 21.2 Å². The van der Waals surface area contributed by atoms with Gasteiger partial charge in [0.05, 0.1) is 28.9 Å². The second kappa shape index (κ2) is 9.16. The third-order valence-electron chi connectivity index (χ3n) is 4.98. The standard InChI is InChI=1S/C21H22ClN3O4S/c1-2-25-20(23-11-12-28-25)14-3-5-15(6-4-14)24-13-16(29-21(24)27)7-8-17(26)18-9-10-19(22)30-18/h3-6,9-10,16H,2,7-8,11-13H2,1H3/t16-/m0/s1. The van der Waals surface area contributed by atoms with Gasteiger partial charge in [0, 0.05) is 24.2 Å². The maximum absolute atomic E-state index is 12.3. The highest BCUT2D eigenvalue weighted by atomic mass is 35.5. The number of halogens is 1. The fraction of sp³-hybridized carbons (Fsp3) is 0.381. The Labute approximate surface area is 183 Å². The average molecular weight is 448 g/mol. The third-order valence-corrected chi connectivity index (χ3v) is 6.25. The molecule has 1 saturated heterocycles. The number of nitrogens with zero attached hydrogens (tertiary/aromatic N) is 3. The number of hydrogen-bond acceptors (Lipinski definition) is 7. The Morgan fingerprint density at radius 2 is 2.07 bits per heavy atom. The SMILES string of the molecule is CCN1OCCN=C1c1ccc(N2C[C@H](CCC(=O)c3ccc(Cl)s3)OC2=O)cc1. The van der Waals surface area contributed by atoms with Gasteiger partial charge in [-0.05, 0) is 49.7 Å². The summed E-state index contributed by atoms with van der Waals surface area (Å²) in [4.78, 5) is 37.0. The first kappa shape index (κ1) is 20.8. The van der Waals surface area contributed by atoms with Gasteiger partial charge in [0.1, 0.15) is 6.10 Å². The zero-order chi connectivity index (χ0) is 21.1. The predicted octanol–water partition coefficient (Wildman–Crippen LogP) is 4.40. The van der Waals surface area contributed by atoms with Gasteiger partial charge in [-0.3, -0.25) is 19.5 Å². The van der Waals surface area contributed by atoms with E-state index >= 15 is 0 Å². The van der Waals surface area contributed by atoms with E-state index in [1.165, 1.54) is 11.3 Å². The van der Waals surface area contributed by atoms with Crippen LogP contribution in [0.1, 0.15) is 35.0 Å². The second-order valence-corrected chi connectivity index (χ2v) is 8.68. The van der Waals surface area contributed by atoms with Crippen LogP contribution < -0.4 is 4.90 Å². The molecule has 0 radical (unpaired) electrons. The van der Waals surface area contributed by atoms with Gasteiger partial charge in [-0.2, -0.15) is 0 Å². The van der Waals surface area contributed by atoms with E-state index in [0.717, 1.165) is 17.1 Å². The summed E-state index contributed by atoms with van der Waals surface area (Å²) in [7, 11) is 0. The van der Waals surface area contributed by atoms with E-state index in [9.17, 15) is 9.59 Å². The lowest BCUT2D eigenvalue weighted by Crippen LogP contribution is -2.36. The molecular formula is C21H22ClN3O4S. The highest BCUT2D eigenvalue weighted by molar-refractivity contribution is 7.18. The number of ketones is 1. The highest BCUT2D eigenvalue weighted by Gasteiger charge is 2.32. The number of Topliss-reactive ketones (excluding diaryl/α,β-unsaturated/α-hetero) is 1. The number of amidine groups is 1. The maximum atomic E-state index is 12.3. The van der Waals surface area contributed by atoms with Crippen LogP contribution in [-0.4, -0.2) is 55.1 Å². The molecule has 2 aliphatic heterocycles. The number of benzene rings is 1. The summed E-state index contributed by atoms with van der Waals surface area (Å²) in [5.74, 6) is 0.811. The molecule has 1 aromatic heterocycles. The molecule has 0 saturated carbocycles. The Bertz CT molecular complexity index is 959. The third kappa shape index (κ3) is 4.50. The lowest BCUT2D eigenvalue weighted by Gasteiger charge is -2.27. The van der Waals surface area contributed by atoms with Crippen LogP contribution in [-0.2, 0) is 9.57 Å².